The Kier molecular flexibility index (Phi) is 3.17. The zero-order valence-corrected chi connectivity index (χ0v) is 7.88. The smallest absolute Gasteiger partial charge is 0.243 e. The highest BCUT2D eigenvalue weighted by atomic mass is 32.2. The van der Waals surface area contributed by atoms with E-state index in [4.69, 9.17) is 6.42 Å². The van der Waals surface area contributed by atoms with Gasteiger partial charge < -0.3 is 0 Å². The Bertz CT molecular complexity index is 464. The van der Waals surface area contributed by atoms with Crippen molar-refractivity contribution in [1.82, 2.24) is 9.71 Å². The van der Waals surface area contributed by atoms with Crippen molar-refractivity contribution in [2.45, 2.75) is 4.90 Å². The van der Waals surface area contributed by atoms with E-state index in [0.717, 1.165) is 18.5 Å². The van der Waals surface area contributed by atoms with Crippen LogP contribution in [0.2, 0.25) is 0 Å². The van der Waals surface area contributed by atoms with Gasteiger partial charge in [-0.2, -0.15) is 4.72 Å². The number of hydrogen-bond donors (Lipinski definition) is 1. The molecule has 0 saturated carbocycles. The third-order valence-electron chi connectivity index (χ3n) is 1.35. The van der Waals surface area contributed by atoms with Crippen LogP contribution in [-0.4, -0.2) is 19.9 Å². The van der Waals surface area contributed by atoms with Crippen LogP contribution in [0.4, 0.5) is 4.39 Å². The minimum Gasteiger partial charge on any atom is -0.260 e. The predicted molar refractivity (Wildman–Crippen MR) is 48.2 cm³/mol. The highest BCUT2D eigenvalue weighted by molar-refractivity contribution is 7.89. The van der Waals surface area contributed by atoms with Crippen molar-refractivity contribution in [3.8, 4) is 12.3 Å². The molecule has 6 heteroatoms. The number of terminal acetylenes is 1. The fourth-order valence-corrected chi connectivity index (χ4v) is 1.67. The number of aromatic nitrogens is 1. The fraction of sp³-hybridized carbons (Fsp3) is 0.125. The lowest BCUT2D eigenvalue weighted by Gasteiger charge is -2.02. The van der Waals surface area contributed by atoms with Gasteiger partial charge in [0.15, 0.2) is 0 Å². The molecule has 0 spiro atoms. The summed E-state index contributed by atoms with van der Waals surface area (Å²) in [5.74, 6) is 1.39. The molecule has 1 rings (SSSR count). The molecule has 0 aliphatic rings. The molecule has 4 nitrogen and oxygen atoms in total. The Morgan fingerprint density at radius 1 is 1.57 bits per heavy atom. The molecule has 14 heavy (non-hydrogen) atoms. The number of halogens is 1. The molecule has 0 atom stereocenters. The van der Waals surface area contributed by atoms with E-state index in [0.29, 0.717) is 0 Å². The van der Waals surface area contributed by atoms with Crippen LogP contribution >= 0.6 is 0 Å². The van der Waals surface area contributed by atoms with Crippen LogP contribution in [0.5, 0.6) is 0 Å². The van der Waals surface area contributed by atoms with E-state index in [1.54, 1.807) is 0 Å². The van der Waals surface area contributed by atoms with Crippen molar-refractivity contribution in [1.29, 1.82) is 0 Å². The van der Waals surface area contributed by atoms with Crippen molar-refractivity contribution in [3.05, 3.63) is 24.3 Å². The molecule has 0 amide bonds. The summed E-state index contributed by atoms with van der Waals surface area (Å²) in [4.78, 5) is 3.17. The van der Waals surface area contributed by atoms with E-state index in [9.17, 15) is 12.8 Å². The predicted octanol–water partition coefficient (Wildman–Crippen LogP) is 0.132. The Morgan fingerprint density at radius 3 is 2.86 bits per heavy atom. The van der Waals surface area contributed by atoms with Gasteiger partial charge in [0.2, 0.25) is 10.0 Å². The van der Waals surface area contributed by atoms with Crippen molar-refractivity contribution in [2.75, 3.05) is 6.54 Å². The van der Waals surface area contributed by atoms with Crippen LogP contribution in [0, 0.1) is 18.2 Å². The minimum atomic E-state index is -3.74. The van der Waals surface area contributed by atoms with E-state index < -0.39 is 15.8 Å². The quantitative estimate of drug-likeness (QED) is 0.728. The first-order valence-electron chi connectivity index (χ1n) is 3.60. The van der Waals surface area contributed by atoms with Gasteiger partial charge in [-0.15, -0.1) is 6.42 Å². The largest absolute Gasteiger partial charge is 0.260 e. The molecule has 0 aromatic carbocycles. The minimum absolute atomic E-state index is 0.140. The number of nitrogens with zero attached hydrogens (tertiary/aromatic N) is 1. The molecule has 0 aliphatic carbocycles. The second-order valence-corrected chi connectivity index (χ2v) is 4.13. The Hall–Kier alpha value is -1.45. The second-order valence-electron chi connectivity index (χ2n) is 2.37. The van der Waals surface area contributed by atoms with Gasteiger partial charge in [0.25, 0.3) is 0 Å². The highest BCUT2D eigenvalue weighted by Gasteiger charge is 2.13. The molecule has 0 fully saturated rings. The first-order chi connectivity index (χ1) is 6.56. The summed E-state index contributed by atoms with van der Waals surface area (Å²) in [6.07, 6.45) is 6.84. The maximum atomic E-state index is 12.6. The standard InChI is InChI=1S/C8H7FN2O2S/c1-2-3-11-14(12,13)8-4-7(9)5-10-6-8/h1,4-6,11H,3H2. The van der Waals surface area contributed by atoms with Gasteiger partial charge in [-0.1, -0.05) is 5.92 Å². The zero-order chi connectivity index (χ0) is 10.6. The molecular formula is C8H7FN2O2S. The third kappa shape index (κ3) is 2.52. The molecule has 0 bridgehead atoms. The lowest BCUT2D eigenvalue weighted by molar-refractivity contribution is 0.579. The summed E-state index contributed by atoms with van der Waals surface area (Å²) in [7, 11) is -3.74. The summed E-state index contributed by atoms with van der Waals surface area (Å²) in [6.45, 7) is -0.140. The van der Waals surface area contributed by atoms with Gasteiger partial charge in [0.1, 0.15) is 10.7 Å². The van der Waals surface area contributed by atoms with E-state index in [-0.39, 0.29) is 11.4 Å². The molecule has 74 valence electrons. The Morgan fingerprint density at radius 2 is 2.29 bits per heavy atom. The van der Waals surface area contributed by atoms with Crippen molar-refractivity contribution >= 4 is 10.0 Å². The Balaban J connectivity index is 3.00. The average Bonchev–Trinajstić information content (AvgIpc) is 2.15. The zero-order valence-electron chi connectivity index (χ0n) is 7.07. The molecule has 0 aliphatic heterocycles. The van der Waals surface area contributed by atoms with Gasteiger partial charge >= 0.3 is 0 Å². The van der Waals surface area contributed by atoms with Gasteiger partial charge in [0, 0.05) is 6.20 Å². The number of sulfonamides is 1. The summed E-state index contributed by atoms with van der Waals surface area (Å²) in [6, 6.07) is 0.867. The number of pyridine rings is 1. The molecule has 0 unspecified atom stereocenters. The maximum Gasteiger partial charge on any atom is 0.243 e. The second kappa shape index (κ2) is 4.17. The molecular weight excluding hydrogens is 207 g/mol. The number of nitrogens with one attached hydrogen (secondary N) is 1. The SMILES string of the molecule is C#CCNS(=O)(=O)c1cncc(F)c1. The number of hydrogen-bond acceptors (Lipinski definition) is 3. The first-order valence-corrected chi connectivity index (χ1v) is 5.08. The van der Waals surface area contributed by atoms with Crippen LogP contribution < -0.4 is 4.72 Å². The monoisotopic (exact) mass is 214 g/mol. The summed E-state index contributed by atoms with van der Waals surface area (Å²) in [5, 5.41) is 0. The van der Waals surface area contributed by atoms with Crippen LogP contribution in [0.3, 0.4) is 0 Å². The highest BCUT2D eigenvalue weighted by Crippen LogP contribution is 2.07. The average molecular weight is 214 g/mol. The molecule has 0 radical (unpaired) electrons. The molecule has 1 aromatic heterocycles. The van der Waals surface area contributed by atoms with Gasteiger partial charge in [-0.25, -0.2) is 12.8 Å². The van der Waals surface area contributed by atoms with Crippen molar-refractivity contribution < 1.29 is 12.8 Å². The first kappa shape index (κ1) is 10.6. The van der Waals surface area contributed by atoms with Crippen LogP contribution in [0.25, 0.3) is 0 Å². The topological polar surface area (TPSA) is 59.1 Å². The molecule has 1 N–H and O–H groups in total. The van der Waals surface area contributed by atoms with E-state index >= 15 is 0 Å². The summed E-state index contributed by atoms with van der Waals surface area (Å²) >= 11 is 0. The van der Waals surface area contributed by atoms with Crippen molar-refractivity contribution in [3.63, 3.8) is 0 Å². The molecule has 0 saturated heterocycles. The van der Waals surface area contributed by atoms with Crippen LogP contribution in [0.1, 0.15) is 0 Å². The van der Waals surface area contributed by atoms with Gasteiger partial charge in [0.05, 0.1) is 12.7 Å². The number of rotatable bonds is 3. The summed E-state index contributed by atoms with van der Waals surface area (Å²) in [5.41, 5.74) is 0. The third-order valence-corrected chi connectivity index (χ3v) is 2.72. The van der Waals surface area contributed by atoms with Gasteiger partial charge in [-0.05, 0) is 6.07 Å². The molecule has 1 aromatic rings. The molecule has 1 heterocycles. The lowest BCUT2D eigenvalue weighted by Crippen LogP contribution is -2.24. The van der Waals surface area contributed by atoms with Crippen LogP contribution in [-0.2, 0) is 10.0 Å². The normalized spacial score (nSPS) is 10.9. The van der Waals surface area contributed by atoms with Crippen molar-refractivity contribution in [2.24, 2.45) is 0 Å². The maximum absolute atomic E-state index is 12.6. The Labute approximate surface area is 81.2 Å². The van der Waals surface area contributed by atoms with Gasteiger partial charge in [-0.3, -0.25) is 4.98 Å². The lowest BCUT2D eigenvalue weighted by atomic mass is 10.5. The van der Waals surface area contributed by atoms with E-state index in [2.05, 4.69) is 15.6 Å². The van der Waals surface area contributed by atoms with E-state index in [1.807, 2.05) is 0 Å². The van der Waals surface area contributed by atoms with E-state index in [1.165, 1.54) is 0 Å². The van der Waals surface area contributed by atoms with Crippen LogP contribution in [0.15, 0.2) is 23.4 Å². The fourth-order valence-electron chi connectivity index (χ4n) is 0.759. The summed E-state index contributed by atoms with van der Waals surface area (Å²) < 4.78 is 37.4.